The van der Waals surface area contributed by atoms with Crippen LogP contribution in [0.3, 0.4) is 0 Å². The summed E-state index contributed by atoms with van der Waals surface area (Å²) in [6.07, 6.45) is 3.28. The Labute approximate surface area is 174 Å². The van der Waals surface area contributed by atoms with Crippen LogP contribution >= 0.6 is 0 Å². The van der Waals surface area contributed by atoms with Gasteiger partial charge in [-0.2, -0.15) is 0 Å². The molecule has 8 heteroatoms. The number of carbonyl (C=O) groups is 1. The van der Waals surface area contributed by atoms with Crippen molar-refractivity contribution in [3.8, 4) is 5.75 Å². The van der Waals surface area contributed by atoms with E-state index in [2.05, 4.69) is 23.5 Å². The first-order chi connectivity index (χ1) is 13.8. The molecule has 1 aromatic rings. The minimum absolute atomic E-state index is 0.00389. The van der Waals surface area contributed by atoms with Gasteiger partial charge in [-0.15, -0.1) is 0 Å². The van der Waals surface area contributed by atoms with Crippen LogP contribution < -0.4 is 14.4 Å². The fraction of sp³-hybridized carbons (Fsp3) is 0.667. The predicted molar refractivity (Wildman–Crippen MR) is 114 cm³/mol. The molecule has 3 rings (SSSR count). The second-order valence-electron chi connectivity index (χ2n) is 8.44. The molecule has 2 atom stereocenters. The van der Waals surface area contributed by atoms with E-state index in [1.54, 1.807) is 17.0 Å². The van der Waals surface area contributed by atoms with Gasteiger partial charge in [0.2, 0.25) is 15.9 Å². The summed E-state index contributed by atoms with van der Waals surface area (Å²) in [6.45, 7) is 8.60. The zero-order valence-electron chi connectivity index (χ0n) is 17.7. The topological polar surface area (TPSA) is 79.0 Å². The Kier molecular flexibility index (Phi) is 7.19. The van der Waals surface area contributed by atoms with Gasteiger partial charge in [-0.1, -0.05) is 13.8 Å². The highest BCUT2D eigenvalue weighted by atomic mass is 32.2. The quantitative estimate of drug-likeness (QED) is 0.650. The lowest BCUT2D eigenvalue weighted by atomic mass is 9.92. The summed E-state index contributed by atoms with van der Waals surface area (Å²) in [5, 5.41) is 0. The number of benzene rings is 1. The summed E-state index contributed by atoms with van der Waals surface area (Å²) in [5.74, 6) is 1.89. The fourth-order valence-electron chi connectivity index (χ4n) is 4.52. The van der Waals surface area contributed by atoms with Crippen LogP contribution in [0, 0.1) is 11.8 Å². The second-order valence-corrected chi connectivity index (χ2v) is 10.2. The normalized spacial score (nSPS) is 23.6. The molecule has 1 N–H and O–H groups in total. The largest absolute Gasteiger partial charge is 0.495 e. The molecule has 0 spiro atoms. The van der Waals surface area contributed by atoms with Crippen molar-refractivity contribution >= 4 is 21.6 Å². The number of sulfonamides is 1. The maximum atomic E-state index is 12.8. The Morgan fingerprint density at radius 2 is 1.93 bits per heavy atom. The molecule has 1 aromatic carbocycles. The maximum Gasteiger partial charge on any atom is 0.240 e. The predicted octanol–water partition coefficient (Wildman–Crippen LogP) is 2.47. The molecule has 0 aliphatic carbocycles. The van der Waals surface area contributed by atoms with Gasteiger partial charge in [-0.05, 0) is 55.8 Å². The average Bonchev–Trinajstić information content (AvgIpc) is 3.09. The van der Waals surface area contributed by atoms with E-state index < -0.39 is 10.0 Å². The summed E-state index contributed by atoms with van der Waals surface area (Å²) < 4.78 is 33.6. The lowest BCUT2D eigenvalue weighted by molar-refractivity contribution is -0.117. The Morgan fingerprint density at radius 1 is 1.21 bits per heavy atom. The molecule has 0 bridgehead atoms. The fourth-order valence-corrected chi connectivity index (χ4v) is 5.61. The molecule has 1 amide bonds. The maximum absolute atomic E-state index is 12.8. The molecule has 0 aromatic heterocycles. The first kappa shape index (κ1) is 22.1. The first-order valence-electron chi connectivity index (χ1n) is 10.5. The zero-order valence-corrected chi connectivity index (χ0v) is 18.5. The number of amides is 1. The van der Waals surface area contributed by atoms with Crippen molar-refractivity contribution in [2.75, 3.05) is 44.7 Å². The van der Waals surface area contributed by atoms with Crippen molar-refractivity contribution in [2.24, 2.45) is 11.8 Å². The van der Waals surface area contributed by atoms with Crippen LogP contribution in [0.2, 0.25) is 0 Å². The smallest absolute Gasteiger partial charge is 0.240 e. The number of nitrogens with one attached hydrogen (secondary N) is 1. The third kappa shape index (κ3) is 5.49. The van der Waals surface area contributed by atoms with Crippen molar-refractivity contribution in [2.45, 2.75) is 44.4 Å². The van der Waals surface area contributed by atoms with Crippen LogP contribution in [0.5, 0.6) is 5.75 Å². The van der Waals surface area contributed by atoms with Crippen LogP contribution in [0.1, 0.15) is 39.5 Å². The number of piperidine rings is 1. The zero-order chi connectivity index (χ0) is 21.0. The van der Waals surface area contributed by atoms with E-state index in [1.807, 2.05) is 0 Å². The number of rotatable bonds is 8. The van der Waals surface area contributed by atoms with Gasteiger partial charge in [0, 0.05) is 32.6 Å². The minimum Gasteiger partial charge on any atom is -0.495 e. The number of hydrogen-bond acceptors (Lipinski definition) is 5. The lowest BCUT2D eigenvalue weighted by Gasteiger charge is -2.34. The number of ether oxygens (including phenoxy) is 1. The minimum atomic E-state index is -3.64. The molecule has 0 radical (unpaired) electrons. The molecule has 2 heterocycles. The van der Waals surface area contributed by atoms with E-state index in [9.17, 15) is 13.2 Å². The molecular weight excluding hydrogens is 390 g/mol. The van der Waals surface area contributed by atoms with E-state index in [-0.39, 0.29) is 10.8 Å². The molecule has 29 heavy (non-hydrogen) atoms. The van der Waals surface area contributed by atoms with Crippen molar-refractivity contribution in [3.05, 3.63) is 18.2 Å². The molecule has 2 aliphatic rings. The summed E-state index contributed by atoms with van der Waals surface area (Å²) in [6, 6.07) is 4.68. The Hall–Kier alpha value is -1.64. The van der Waals surface area contributed by atoms with Crippen molar-refractivity contribution in [1.82, 2.24) is 9.62 Å². The Bertz CT molecular complexity index is 817. The first-order valence-corrected chi connectivity index (χ1v) is 12.0. The monoisotopic (exact) mass is 423 g/mol. The summed E-state index contributed by atoms with van der Waals surface area (Å²) >= 11 is 0. The highest BCUT2D eigenvalue weighted by molar-refractivity contribution is 7.89. The van der Waals surface area contributed by atoms with E-state index in [0.29, 0.717) is 42.8 Å². The van der Waals surface area contributed by atoms with Gasteiger partial charge < -0.3 is 14.5 Å². The highest BCUT2D eigenvalue weighted by Crippen LogP contribution is 2.33. The molecule has 2 aliphatic heterocycles. The SMILES string of the molecule is COc1ccc(S(=O)(=O)NCCCN2C[C@H](C)C[C@H](C)C2)cc1N1CCCC1=O. The summed E-state index contributed by atoms with van der Waals surface area (Å²) in [7, 11) is -2.12. The molecule has 0 unspecified atom stereocenters. The van der Waals surface area contributed by atoms with Gasteiger partial charge in [0.25, 0.3) is 0 Å². The van der Waals surface area contributed by atoms with Crippen molar-refractivity contribution < 1.29 is 17.9 Å². The average molecular weight is 424 g/mol. The van der Waals surface area contributed by atoms with Gasteiger partial charge in [-0.3, -0.25) is 4.79 Å². The summed E-state index contributed by atoms with van der Waals surface area (Å²) in [4.78, 5) is 16.3. The number of nitrogens with zero attached hydrogens (tertiary/aromatic N) is 2. The van der Waals surface area contributed by atoms with E-state index in [4.69, 9.17) is 4.74 Å². The second kappa shape index (κ2) is 9.45. The lowest BCUT2D eigenvalue weighted by Crippen LogP contribution is -2.40. The van der Waals surface area contributed by atoms with Crippen LogP contribution in [0.15, 0.2) is 23.1 Å². The van der Waals surface area contributed by atoms with Crippen molar-refractivity contribution in [1.29, 1.82) is 0 Å². The number of hydrogen-bond donors (Lipinski definition) is 1. The van der Waals surface area contributed by atoms with Crippen LogP contribution in [-0.4, -0.2) is 59.1 Å². The van der Waals surface area contributed by atoms with E-state index >= 15 is 0 Å². The molecule has 7 nitrogen and oxygen atoms in total. The molecule has 2 saturated heterocycles. The molecule has 0 saturated carbocycles. The third-order valence-electron chi connectivity index (χ3n) is 5.71. The number of carbonyl (C=O) groups excluding carboxylic acids is 1. The van der Waals surface area contributed by atoms with Gasteiger partial charge in [0.05, 0.1) is 17.7 Å². The van der Waals surface area contributed by atoms with E-state index in [0.717, 1.165) is 32.5 Å². The molecule has 162 valence electrons. The van der Waals surface area contributed by atoms with Gasteiger partial charge >= 0.3 is 0 Å². The number of likely N-dealkylation sites (tertiary alicyclic amines) is 1. The van der Waals surface area contributed by atoms with Gasteiger partial charge in [0.15, 0.2) is 0 Å². The van der Waals surface area contributed by atoms with Gasteiger partial charge in [0.1, 0.15) is 5.75 Å². The summed E-state index contributed by atoms with van der Waals surface area (Å²) in [5.41, 5.74) is 0.522. The van der Waals surface area contributed by atoms with Gasteiger partial charge in [-0.25, -0.2) is 13.1 Å². The van der Waals surface area contributed by atoms with E-state index in [1.165, 1.54) is 19.6 Å². The van der Waals surface area contributed by atoms with Crippen LogP contribution in [0.25, 0.3) is 0 Å². The Morgan fingerprint density at radius 3 is 2.55 bits per heavy atom. The van der Waals surface area contributed by atoms with Crippen LogP contribution in [0.4, 0.5) is 5.69 Å². The standard InChI is InChI=1S/C21H33N3O4S/c1-16-12-17(2)15-23(14-16)10-5-9-22-29(26,27)18-7-8-20(28-3)19(13-18)24-11-4-6-21(24)25/h7-8,13,16-17,22H,4-6,9-12,14-15H2,1-3H3/t16-,17+. The number of methoxy groups -OCH3 is 1. The molecule has 2 fully saturated rings. The molecular formula is C21H33N3O4S. The number of anilines is 1. The van der Waals surface area contributed by atoms with Crippen LogP contribution in [-0.2, 0) is 14.8 Å². The third-order valence-corrected chi connectivity index (χ3v) is 7.17. The van der Waals surface area contributed by atoms with Crippen molar-refractivity contribution in [3.63, 3.8) is 0 Å². The Balaban J connectivity index is 1.61. The highest BCUT2D eigenvalue weighted by Gasteiger charge is 2.27.